The highest BCUT2D eigenvalue weighted by atomic mass is 32.3. The maximum absolute atomic E-state index is 13.7. The number of anilines is 1. The Hall–Kier alpha value is -1.85. The van der Waals surface area contributed by atoms with Crippen molar-refractivity contribution >= 4 is 34.6 Å². The van der Waals surface area contributed by atoms with Gasteiger partial charge in [0.25, 0.3) is 0 Å². The molecule has 1 aromatic rings. The van der Waals surface area contributed by atoms with Gasteiger partial charge in [0, 0.05) is 31.9 Å². The SMILES string of the molecule is Cc1c(CS(=O)(=O)F)cc(B2OC(C)(C)C(C)(C)O2)cc1N1CCN(C(=O)OC(C)(C)C)CC1. The molecule has 34 heavy (non-hydrogen) atoms. The molecule has 0 bridgehead atoms. The van der Waals surface area contributed by atoms with E-state index in [9.17, 15) is 17.1 Å². The lowest BCUT2D eigenvalue weighted by Crippen LogP contribution is -2.50. The molecule has 2 saturated heterocycles. The summed E-state index contributed by atoms with van der Waals surface area (Å²) < 4.78 is 54.5. The van der Waals surface area contributed by atoms with Crippen LogP contribution >= 0.6 is 0 Å². The molecule has 0 aromatic heterocycles. The molecule has 2 aliphatic rings. The first kappa shape index (κ1) is 26.8. The van der Waals surface area contributed by atoms with Gasteiger partial charge in [0.2, 0.25) is 0 Å². The molecule has 0 unspecified atom stereocenters. The smallest absolute Gasteiger partial charge is 0.444 e. The van der Waals surface area contributed by atoms with E-state index in [2.05, 4.69) is 4.90 Å². The number of piperazine rings is 1. The number of rotatable bonds is 4. The third kappa shape index (κ3) is 6.04. The van der Waals surface area contributed by atoms with Crippen molar-refractivity contribution in [1.29, 1.82) is 0 Å². The minimum atomic E-state index is -4.74. The highest BCUT2D eigenvalue weighted by Gasteiger charge is 2.52. The van der Waals surface area contributed by atoms with Gasteiger partial charge in [-0.2, -0.15) is 8.42 Å². The normalized spacial score (nSPS) is 20.6. The van der Waals surface area contributed by atoms with Crippen LogP contribution < -0.4 is 10.4 Å². The Balaban J connectivity index is 1.89. The zero-order valence-electron chi connectivity index (χ0n) is 21.4. The van der Waals surface area contributed by atoms with E-state index in [1.807, 2.05) is 54.5 Å². The van der Waals surface area contributed by atoms with E-state index in [-0.39, 0.29) is 6.09 Å². The van der Waals surface area contributed by atoms with E-state index in [1.165, 1.54) is 0 Å². The Morgan fingerprint density at radius 2 is 1.62 bits per heavy atom. The van der Waals surface area contributed by atoms with Gasteiger partial charge < -0.3 is 23.8 Å². The zero-order chi connectivity index (χ0) is 25.7. The van der Waals surface area contributed by atoms with Crippen LogP contribution in [0.1, 0.15) is 59.6 Å². The Bertz CT molecular complexity index is 1030. The molecule has 0 radical (unpaired) electrons. The van der Waals surface area contributed by atoms with Gasteiger partial charge in [-0.15, -0.1) is 3.89 Å². The number of halogens is 1. The minimum Gasteiger partial charge on any atom is -0.444 e. The van der Waals surface area contributed by atoms with Crippen LogP contribution in [0.5, 0.6) is 0 Å². The van der Waals surface area contributed by atoms with Gasteiger partial charge in [-0.3, -0.25) is 0 Å². The van der Waals surface area contributed by atoms with Crippen molar-refractivity contribution in [3.63, 3.8) is 0 Å². The van der Waals surface area contributed by atoms with Crippen molar-refractivity contribution in [1.82, 2.24) is 4.90 Å². The molecule has 0 saturated carbocycles. The number of nitrogens with zero attached hydrogens (tertiary/aromatic N) is 2. The number of benzene rings is 1. The monoisotopic (exact) mass is 498 g/mol. The molecule has 0 spiro atoms. The van der Waals surface area contributed by atoms with Gasteiger partial charge in [0.05, 0.1) is 11.2 Å². The van der Waals surface area contributed by atoms with E-state index in [1.54, 1.807) is 17.9 Å². The standard InChI is InChI=1S/C23H36BFN2O6S/c1-16-17(15-34(25,29)30)13-18(24-32-22(5,6)23(7,8)33-24)14-19(16)26-9-11-27(12-10-26)20(28)31-21(2,3)4/h13-14H,9-12,15H2,1-8H3. The van der Waals surface area contributed by atoms with Gasteiger partial charge in [-0.25, -0.2) is 4.79 Å². The molecule has 2 fully saturated rings. The van der Waals surface area contributed by atoms with Crippen molar-refractivity contribution in [2.24, 2.45) is 0 Å². The zero-order valence-corrected chi connectivity index (χ0v) is 22.2. The second kappa shape index (κ2) is 8.98. The second-order valence-corrected chi connectivity index (χ2v) is 12.4. The number of amides is 1. The lowest BCUT2D eigenvalue weighted by molar-refractivity contribution is 0.00578. The van der Waals surface area contributed by atoms with Crippen molar-refractivity contribution in [2.45, 2.75) is 77.9 Å². The number of hydrogen-bond donors (Lipinski definition) is 0. The first-order valence-electron chi connectivity index (χ1n) is 11.5. The van der Waals surface area contributed by atoms with Gasteiger partial charge >= 0.3 is 23.4 Å². The summed E-state index contributed by atoms with van der Waals surface area (Å²) in [4.78, 5) is 16.2. The predicted molar refractivity (Wildman–Crippen MR) is 131 cm³/mol. The van der Waals surface area contributed by atoms with E-state index < -0.39 is 39.9 Å². The highest BCUT2D eigenvalue weighted by molar-refractivity contribution is 7.85. The number of carbonyl (C=O) groups excluding carboxylic acids is 1. The van der Waals surface area contributed by atoms with Crippen molar-refractivity contribution in [3.8, 4) is 0 Å². The fourth-order valence-corrected chi connectivity index (χ4v) is 4.69. The summed E-state index contributed by atoms with van der Waals surface area (Å²) in [5.41, 5.74) is 0.713. The van der Waals surface area contributed by atoms with Gasteiger partial charge in [0.15, 0.2) is 0 Å². The molecule has 0 aliphatic carbocycles. The Morgan fingerprint density at radius 3 is 2.09 bits per heavy atom. The van der Waals surface area contributed by atoms with E-state index in [0.29, 0.717) is 42.8 Å². The van der Waals surface area contributed by atoms with Crippen LogP contribution in [0.25, 0.3) is 0 Å². The summed E-state index contributed by atoms with van der Waals surface area (Å²) >= 11 is 0. The number of carbonyl (C=O) groups is 1. The first-order valence-corrected chi connectivity index (χ1v) is 13.1. The molecule has 1 aromatic carbocycles. The average molecular weight is 498 g/mol. The van der Waals surface area contributed by atoms with Crippen LogP contribution in [-0.2, 0) is 30.0 Å². The van der Waals surface area contributed by atoms with Gasteiger partial charge in [0.1, 0.15) is 11.4 Å². The van der Waals surface area contributed by atoms with Crippen molar-refractivity contribution in [2.75, 3.05) is 31.1 Å². The molecular weight excluding hydrogens is 462 g/mol. The van der Waals surface area contributed by atoms with Gasteiger partial charge in [-0.1, -0.05) is 6.07 Å². The summed E-state index contributed by atoms with van der Waals surface area (Å²) in [5, 5.41) is 0. The van der Waals surface area contributed by atoms with E-state index in [0.717, 1.165) is 5.69 Å². The molecule has 2 heterocycles. The fourth-order valence-electron chi connectivity index (χ4n) is 4.02. The topological polar surface area (TPSA) is 85.4 Å². The third-order valence-corrected chi connectivity index (χ3v) is 7.29. The third-order valence-electron chi connectivity index (χ3n) is 6.64. The predicted octanol–water partition coefficient (Wildman–Crippen LogP) is 3.15. The quantitative estimate of drug-likeness (QED) is 0.466. The van der Waals surface area contributed by atoms with Crippen LogP contribution in [0, 0.1) is 6.92 Å². The van der Waals surface area contributed by atoms with Crippen molar-refractivity contribution < 1.29 is 31.1 Å². The molecule has 2 aliphatic heterocycles. The maximum Gasteiger partial charge on any atom is 0.494 e. The second-order valence-electron chi connectivity index (χ2n) is 11.1. The van der Waals surface area contributed by atoms with Crippen LogP contribution in [0.3, 0.4) is 0 Å². The molecule has 0 atom stereocenters. The Labute approximate surface area is 203 Å². The molecule has 0 N–H and O–H groups in total. The summed E-state index contributed by atoms with van der Waals surface area (Å²) in [5.74, 6) is -0.725. The number of ether oxygens (including phenoxy) is 1. The van der Waals surface area contributed by atoms with Crippen LogP contribution in [0.15, 0.2) is 12.1 Å². The summed E-state index contributed by atoms with van der Waals surface area (Å²) in [6.07, 6.45) is -0.362. The molecule has 11 heteroatoms. The van der Waals surface area contributed by atoms with Gasteiger partial charge in [-0.05, 0) is 78.0 Å². The Kier molecular flexibility index (Phi) is 7.07. The fraction of sp³-hybridized carbons (Fsp3) is 0.696. The van der Waals surface area contributed by atoms with Crippen LogP contribution in [0.2, 0.25) is 0 Å². The summed E-state index contributed by atoms with van der Waals surface area (Å²) in [6.45, 7) is 16.9. The number of hydrogen-bond acceptors (Lipinski definition) is 7. The van der Waals surface area contributed by atoms with Crippen molar-refractivity contribution in [3.05, 3.63) is 23.3 Å². The lowest BCUT2D eigenvalue weighted by Gasteiger charge is -2.37. The molecule has 3 rings (SSSR count). The highest BCUT2D eigenvalue weighted by Crippen LogP contribution is 2.37. The first-order chi connectivity index (χ1) is 15.4. The largest absolute Gasteiger partial charge is 0.494 e. The molecular formula is C23H36BFN2O6S. The average Bonchev–Trinajstić information content (AvgIpc) is 2.88. The van der Waals surface area contributed by atoms with Crippen LogP contribution in [-0.4, -0.2) is 69.5 Å². The van der Waals surface area contributed by atoms with E-state index in [4.69, 9.17) is 14.0 Å². The summed E-state index contributed by atoms with van der Waals surface area (Å²) in [7, 11) is -5.45. The van der Waals surface area contributed by atoms with E-state index >= 15 is 0 Å². The lowest BCUT2D eigenvalue weighted by atomic mass is 9.77. The van der Waals surface area contributed by atoms with Crippen LogP contribution in [0.4, 0.5) is 14.4 Å². The summed E-state index contributed by atoms with van der Waals surface area (Å²) in [6, 6.07) is 3.56. The maximum atomic E-state index is 13.7. The minimum absolute atomic E-state index is 0.360. The molecule has 8 nitrogen and oxygen atoms in total. The Morgan fingerprint density at radius 1 is 1.09 bits per heavy atom. The molecule has 1 amide bonds. The molecule has 190 valence electrons.